The van der Waals surface area contributed by atoms with E-state index in [9.17, 15) is 10.1 Å². The van der Waals surface area contributed by atoms with Gasteiger partial charge < -0.3 is 4.98 Å². The summed E-state index contributed by atoms with van der Waals surface area (Å²) in [5.41, 5.74) is 6.02. The molecule has 1 N–H and O–H groups in total. The molecule has 0 aliphatic heterocycles. The van der Waals surface area contributed by atoms with Crippen LogP contribution in [-0.4, -0.2) is 4.98 Å². The van der Waals surface area contributed by atoms with Crippen molar-refractivity contribution in [2.75, 3.05) is 0 Å². The van der Waals surface area contributed by atoms with Gasteiger partial charge in [0.05, 0.1) is 11.5 Å². The van der Waals surface area contributed by atoms with Crippen molar-refractivity contribution in [2.24, 2.45) is 0 Å². The molecule has 4 rings (SSSR count). The van der Waals surface area contributed by atoms with E-state index >= 15 is 0 Å². The Morgan fingerprint density at radius 2 is 2.00 bits per heavy atom. The monoisotopic (exact) mass is 356 g/mol. The minimum absolute atomic E-state index is 0.0401. The number of aromatic amines is 1. The molecule has 1 aliphatic carbocycles. The van der Waals surface area contributed by atoms with Crippen LogP contribution in [0.3, 0.4) is 0 Å². The zero-order valence-corrected chi connectivity index (χ0v) is 15.9. The van der Waals surface area contributed by atoms with Crippen molar-refractivity contribution in [3.8, 4) is 6.07 Å². The lowest BCUT2D eigenvalue weighted by atomic mass is 9.77. The molecule has 1 atom stereocenters. The summed E-state index contributed by atoms with van der Waals surface area (Å²) in [4.78, 5) is 15.2. The highest BCUT2D eigenvalue weighted by Gasteiger charge is 2.29. The van der Waals surface area contributed by atoms with Gasteiger partial charge >= 0.3 is 0 Å². The maximum Gasteiger partial charge on any atom is 0.251 e. The number of aryl methyl sites for hydroxylation is 2. The molecule has 1 aliphatic rings. The normalized spacial score (nSPS) is 15.3. The summed E-state index contributed by atoms with van der Waals surface area (Å²) in [6.07, 6.45) is 4.85. The molecule has 0 spiro atoms. The van der Waals surface area contributed by atoms with E-state index in [1.165, 1.54) is 23.1 Å². The van der Waals surface area contributed by atoms with Crippen LogP contribution in [0.4, 0.5) is 0 Å². The number of pyridine rings is 1. The van der Waals surface area contributed by atoms with E-state index in [4.69, 9.17) is 0 Å². The summed E-state index contributed by atoms with van der Waals surface area (Å²) in [5.74, 6) is 0. The summed E-state index contributed by atoms with van der Waals surface area (Å²) in [7, 11) is 0. The van der Waals surface area contributed by atoms with Crippen molar-refractivity contribution >= 4 is 10.9 Å². The summed E-state index contributed by atoms with van der Waals surface area (Å²) in [6.45, 7) is 3.98. The molecule has 0 radical (unpaired) electrons. The van der Waals surface area contributed by atoms with Gasteiger partial charge in [0, 0.05) is 11.1 Å². The average Bonchev–Trinajstić information content (AvgIpc) is 3.16. The second-order valence-electron chi connectivity index (χ2n) is 7.81. The molecule has 2 aromatic carbocycles. The molecule has 3 aromatic rings. The van der Waals surface area contributed by atoms with E-state index in [1.807, 2.05) is 38.1 Å². The first-order valence-corrected chi connectivity index (χ1v) is 9.71. The lowest BCUT2D eigenvalue weighted by Crippen LogP contribution is -2.24. The minimum Gasteiger partial charge on any atom is -0.322 e. The van der Waals surface area contributed by atoms with Crippen molar-refractivity contribution in [3.05, 3.63) is 80.6 Å². The van der Waals surface area contributed by atoms with Crippen LogP contribution in [0.25, 0.3) is 10.9 Å². The number of fused-ring (bicyclic) bond motifs is 2. The smallest absolute Gasteiger partial charge is 0.251 e. The Kier molecular flexibility index (Phi) is 4.36. The summed E-state index contributed by atoms with van der Waals surface area (Å²) < 4.78 is 0. The van der Waals surface area contributed by atoms with Gasteiger partial charge in [0.1, 0.15) is 0 Å². The van der Waals surface area contributed by atoms with Crippen LogP contribution >= 0.6 is 0 Å². The third-order valence-electron chi connectivity index (χ3n) is 5.97. The SMILES string of the molecule is CCc1cc2ccc(C(C)(C#N)Cc3cccc4c3CCC4)cc2[nH]c1=O. The number of hydrogen-bond donors (Lipinski definition) is 1. The standard InChI is InChI=1S/C24H24N2O/c1-3-16-12-18-10-11-20(13-22(18)26-23(16)27)24(2,15-25)14-19-8-4-6-17-7-5-9-21(17)19/h4,6,8,10-13H,3,5,7,9,14H2,1-2H3,(H,26,27). The molecule has 1 aromatic heterocycles. The molecule has 0 bridgehead atoms. The predicted octanol–water partition coefficient (Wildman–Crippen LogP) is 4.60. The lowest BCUT2D eigenvalue weighted by Gasteiger charge is -2.24. The molecule has 1 heterocycles. The van der Waals surface area contributed by atoms with Crippen LogP contribution in [0.1, 0.15) is 48.1 Å². The van der Waals surface area contributed by atoms with E-state index in [1.54, 1.807) is 0 Å². The Morgan fingerprint density at radius 3 is 2.78 bits per heavy atom. The van der Waals surface area contributed by atoms with Crippen LogP contribution in [0, 0.1) is 11.3 Å². The van der Waals surface area contributed by atoms with Gasteiger partial charge in [0.15, 0.2) is 0 Å². The number of H-pyrrole nitrogens is 1. The Hall–Kier alpha value is -2.86. The van der Waals surface area contributed by atoms with Gasteiger partial charge in [-0.2, -0.15) is 5.26 Å². The highest BCUT2D eigenvalue weighted by atomic mass is 16.1. The molecule has 0 saturated heterocycles. The topological polar surface area (TPSA) is 56.6 Å². The molecule has 0 fully saturated rings. The van der Waals surface area contributed by atoms with E-state index in [-0.39, 0.29) is 5.56 Å². The van der Waals surface area contributed by atoms with Crippen molar-refractivity contribution < 1.29 is 0 Å². The van der Waals surface area contributed by atoms with Gasteiger partial charge in [-0.15, -0.1) is 0 Å². The predicted molar refractivity (Wildman–Crippen MR) is 109 cm³/mol. The van der Waals surface area contributed by atoms with Crippen molar-refractivity contribution in [1.29, 1.82) is 5.26 Å². The van der Waals surface area contributed by atoms with Gasteiger partial charge in [-0.1, -0.05) is 37.3 Å². The van der Waals surface area contributed by atoms with Gasteiger partial charge in [-0.3, -0.25) is 4.79 Å². The van der Waals surface area contributed by atoms with Crippen molar-refractivity contribution in [1.82, 2.24) is 4.98 Å². The highest BCUT2D eigenvalue weighted by Crippen LogP contribution is 2.33. The summed E-state index contributed by atoms with van der Waals surface area (Å²) in [6, 6.07) is 17.0. The molecule has 0 saturated carbocycles. The highest BCUT2D eigenvalue weighted by molar-refractivity contribution is 5.80. The number of aromatic nitrogens is 1. The molecule has 136 valence electrons. The van der Waals surface area contributed by atoms with Crippen LogP contribution in [-0.2, 0) is 31.1 Å². The zero-order valence-electron chi connectivity index (χ0n) is 15.9. The number of nitriles is 1. The fraction of sp³-hybridized carbons (Fsp3) is 0.333. The minimum atomic E-state index is -0.633. The van der Waals surface area contributed by atoms with Crippen LogP contribution < -0.4 is 5.56 Å². The summed E-state index contributed by atoms with van der Waals surface area (Å²) >= 11 is 0. The van der Waals surface area contributed by atoms with Gasteiger partial charge in [0.2, 0.25) is 0 Å². The first-order valence-electron chi connectivity index (χ1n) is 9.71. The molecular formula is C24H24N2O. The second kappa shape index (κ2) is 6.70. The number of nitrogens with one attached hydrogen (secondary N) is 1. The first-order chi connectivity index (χ1) is 13.0. The van der Waals surface area contributed by atoms with Crippen molar-refractivity contribution in [3.63, 3.8) is 0 Å². The average molecular weight is 356 g/mol. The van der Waals surface area contributed by atoms with Crippen LogP contribution in [0.15, 0.2) is 47.3 Å². The molecule has 3 heteroatoms. The Bertz CT molecular complexity index is 1120. The van der Waals surface area contributed by atoms with Crippen molar-refractivity contribution in [2.45, 2.75) is 51.4 Å². The Morgan fingerprint density at radius 1 is 1.15 bits per heavy atom. The number of benzene rings is 2. The quantitative estimate of drug-likeness (QED) is 0.742. The second-order valence-corrected chi connectivity index (χ2v) is 7.81. The third kappa shape index (κ3) is 3.06. The largest absolute Gasteiger partial charge is 0.322 e. The first kappa shape index (κ1) is 17.5. The molecule has 27 heavy (non-hydrogen) atoms. The Balaban J connectivity index is 1.77. The van der Waals surface area contributed by atoms with Crippen LogP contribution in [0.5, 0.6) is 0 Å². The fourth-order valence-electron chi connectivity index (χ4n) is 4.30. The zero-order chi connectivity index (χ0) is 19.0. The maximum atomic E-state index is 12.2. The number of rotatable bonds is 4. The molecule has 0 amide bonds. The van der Waals surface area contributed by atoms with E-state index < -0.39 is 5.41 Å². The van der Waals surface area contributed by atoms with Gasteiger partial charge in [0.25, 0.3) is 5.56 Å². The van der Waals surface area contributed by atoms with Gasteiger partial charge in [-0.25, -0.2) is 0 Å². The Labute approximate surface area is 159 Å². The molecular weight excluding hydrogens is 332 g/mol. The van der Waals surface area contributed by atoms with E-state index in [0.717, 1.165) is 34.9 Å². The summed E-state index contributed by atoms with van der Waals surface area (Å²) in [5, 5.41) is 11.0. The fourth-order valence-corrected chi connectivity index (χ4v) is 4.30. The number of hydrogen-bond acceptors (Lipinski definition) is 2. The van der Waals surface area contributed by atoms with Crippen LogP contribution in [0.2, 0.25) is 0 Å². The van der Waals surface area contributed by atoms with Gasteiger partial charge in [-0.05, 0) is 78.8 Å². The number of nitrogens with zero attached hydrogens (tertiary/aromatic N) is 1. The maximum absolute atomic E-state index is 12.2. The van der Waals surface area contributed by atoms with E-state index in [0.29, 0.717) is 12.8 Å². The lowest BCUT2D eigenvalue weighted by molar-refractivity contribution is 0.604. The molecule has 1 unspecified atom stereocenters. The molecule has 3 nitrogen and oxygen atoms in total. The third-order valence-corrected chi connectivity index (χ3v) is 5.97. The van der Waals surface area contributed by atoms with E-state index in [2.05, 4.69) is 29.3 Å².